The lowest BCUT2D eigenvalue weighted by atomic mass is 9.88. The molecule has 9 nitrogen and oxygen atoms in total. The van der Waals surface area contributed by atoms with Crippen LogP contribution in [0.3, 0.4) is 0 Å². The molecule has 34 heavy (non-hydrogen) atoms. The van der Waals surface area contributed by atoms with Crippen molar-refractivity contribution in [2.45, 2.75) is 31.5 Å². The summed E-state index contributed by atoms with van der Waals surface area (Å²) in [7, 11) is 0. The lowest BCUT2D eigenvalue weighted by molar-refractivity contribution is 0.0756. The normalized spacial score (nSPS) is 17.7. The van der Waals surface area contributed by atoms with E-state index in [9.17, 15) is 14.3 Å². The van der Waals surface area contributed by atoms with Gasteiger partial charge in [-0.1, -0.05) is 0 Å². The van der Waals surface area contributed by atoms with Gasteiger partial charge in [0.1, 0.15) is 19.0 Å². The first-order valence-electron chi connectivity index (χ1n) is 11.5. The lowest BCUT2D eigenvalue weighted by Gasteiger charge is -2.41. The molecule has 5 rings (SSSR count). The van der Waals surface area contributed by atoms with Crippen molar-refractivity contribution in [3.63, 3.8) is 0 Å². The third-order valence-electron chi connectivity index (χ3n) is 6.70. The van der Waals surface area contributed by atoms with Crippen molar-refractivity contribution in [1.29, 1.82) is 0 Å². The Bertz CT molecular complexity index is 1230. The van der Waals surface area contributed by atoms with Crippen molar-refractivity contribution in [3.05, 3.63) is 58.5 Å². The molecule has 3 aromatic rings. The summed E-state index contributed by atoms with van der Waals surface area (Å²) in [6.45, 7) is 4.24. The van der Waals surface area contributed by atoms with Gasteiger partial charge in [0.05, 0.1) is 35.7 Å². The molecule has 2 N–H and O–H groups in total. The van der Waals surface area contributed by atoms with Crippen LogP contribution in [0.25, 0.3) is 11.0 Å². The standard InChI is InChI=1S/C24H28FN5O4/c25-17-1-2-19-20(11-17)30(23(32)15-27-19)8-7-29-5-3-24(16-31,4-6-29)28-13-18-12-21-22(14-26-18)34-10-9-33-21/h1-2,11-12,14-15,28,31H,3-10,13,16H2. The molecule has 1 aromatic carbocycles. The van der Waals surface area contributed by atoms with Crippen LogP contribution in [0.1, 0.15) is 18.5 Å². The Morgan fingerprint density at radius 3 is 2.65 bits per heavy atom. The molecule has 0 unspecified atom stereocenters. The highest BCUT2D eigenvalue weighted by atomic mass is 19.1. The number of piperidine rings is 1. The molecule has 0 saturated carbocycles. The van der Waals surface area contributed by atoms with Crippen LogP contribution < -0.4 is 20.3 Å². The zero-order chi connectivity index (χ0) is 23.5. The van der Waals surface area contributed by atoms with Gasteiger partial charge in [0, 0.05) is 44.3 Å². The Labute approximate surface area is 196 Å². The molecule has 2 aliphatic heterocycles. The lowest BCUT2D eigenvalue weighted by Crippen LogP contribution is -2.55. The van der Waals surface area contributed by atoms with Gasteiger partial charge >= 0.3 is 0 Å². The van der Waals surface area contributed by atoms with Crippen LogP contribution >= 0.6 is 0 Å². The molecule has 0 bridgehead atoms. The van der Waals surface area contributed by atoms with E-state index in [0.29, 0.717) is 55.4 Å². The quantitative estimate of drug-likeness (QED) is 0.534. The Balaban J connectivity index is 1.18. The number of halogens is 1. The van der Waals surface area contributed by atoms with Crippen molar-refractivity contribution < 1.29 is 19.0 Å². The van der Waals surface area contributed by atoms with Gasteiger partial charge < -0.3 is 29.4 Å². The second-order valence-electron chi connectivity index (χ2n) is 8.83. The summed E-state index contributed by atoms with van der Waals surface area (Å²) >= 11 is 0. The van der Waals surface area contributed by atoms with Crippen LogP contribution in [0.4, 0.5) is 4.39 Å². The van der Waals surface area contributed by atoms with E-state index in [0.717, 1.165) is 31.6 Å². The van der Waals surface area contributed by atoms with Gasteiger partial charge in [-0.05, 0) is 31.0 Å². The van der Waals surface area contributed by atoms with E-state index in [1.807, 2.05) is 6.07 Å². The molecule has 1 fully saturated rings. The van der Waals surface area contributed by atoms with Gasteiger partial charge in [-0.15, -0.1) is 0 Å². The number of nitrogens with one attached hydrogen (secondary N) is 1. The average Bonchev–Trinajstić information content (AvgIpc) is 2.87. The smallest absolute Gasteiger partial charge is 0.269 e. The summed E-state index contributed by atoms with van der Waals surface area (Å²) in [4.78, 5) is 23.2. The van der Waals surface area contributed by atoms with Crippen LogP contribution in [0.2, 0.25) is 0 Å². The monoisotopic (exact) mass is 469 g/mol. The summed E-state index contributed by atoms with van der Waals surface area (Å²) in [5.41, 5.74) is 1.29. The SMILES string of the molecule is O=c1cnc2ccc(F)cc2n1CCN1CCC(CO)(NCc2cc3c(cn2)OCCO3)CC1. The molecule has 4 heterocycles. The molecule has 10 heteroatoms. The predicted molar refractivity (Wildman–Crippen MR) is 124 cm³/mol. The van der Waals surface area contributed by atoms with E-state index in [2.05, 4.69) is 20.2 Å². The highest BCUT2D eigenvalue weighted by molar-refractivity contribution is 5.74. The zero-order valence-electron chi connectivity index (χ0n) is 18.9. The first-order chi connectivity index (χ1) is 16.5. The van der Waals surface area contributed by atoms with E-state index in [-0.39, 0.29) is 12.2 Å². The minimum Gasteiger partial charge on any atom is -0.486 e. The number of nitrogens with zero attached hydrogens (tertiary/aromatic N) is 4. The molecule has 2 aliphatic rings. The third-order valence-corrected chi connectivity index (χ3v) is 6.70. The van der Waals surface area contributed by atoms with Crippen LogP contribution in [0.5, 0.6) is 11.5 Å². The summed E-state index contributed by atoms with van der Waals surface area (Å²) in [5, 5.41) is 13.7. The summed E-state index contributed by atoms with van der Waals surface area (Å²) < 4.78 is 26.5. The van der Waals surface area contributed by atoms with Crippen molar-refractivity contribution in [2.24, 2.45) is 0 Å². The summed E-state index contributed by atoms with van der Waals surface area (Å²) in [6, 6.07) is 6.16. The number of pyridine rings is 1. The largest absolute Gasteiger partial charge is 0.486 e. The minimum absolute atomic E-state index is 0.0269. The maximum Gasteiger partial charge on any atom is 0.269 e. The van der Waals surface area contributed by atoms with Gasteiger partial charge in [0.25, 0.3) is 5.56 Å². The third kappa shape index (κ3) is 4.75. The van der Waals surface area contributed by atoms with Crippen LogP contribution in [-0.4, -0.2) is 69.5 Å². The van der Waals surface area contributed by atoms with Crippen molar-refractivity contribution >= 4 is 11.0 Å². The van der Waals surface area contributed by atoms with Gasteiger partial charge in [0.15, 0.2) is 11.5 Å². The molecular formula is C24H28FN5O4. The number of hydrogen-bond donors (Lipinski definition) is 2. The number of likely N-dealkylation sites (tertiary alicyclic amines) is 1. The van der Waals surface area contributed by atoms with Gasteiger partial charge in [-0.25, -0.2) is 9.37 Å². The van der Waals surface area contributed by atoms with Gasteiger partial charge in [-0.3, -0.25) is 9.78 Å². The van der Waals surface area contributed by atoms with E-state index < -0.39 is 11.4 Å². The van der Waals surface area contributed by atoms with E-state index in [1.54, 1.807) is 16.8 Å². The fraction of sp³-hybridized carbons (Fsp3) is 0.458. The van der Waals surface area contributed by atoms with E-state index >= 15 is 0 Å². The molecular weight excluding hydrogens is 441 g/mol. The fourth-order valence-electron chi connectivity index (χ4n) is 4.57. The number of aliphatic hydroxyl groups is 1. The highest BCUT2D eigenvalue weighted by Crippen LogP contribution is 2.30. The number of aliphatic hydroxyl groups excluding tert-OH is 1. The molecule has 0 radical (unpaired) electrons. The Hall–Kier alpha value is -3.08. The molecule has 2 aromatic heterocycles. The fourth-order valence-corrected chi connectivity index (χ4v) is 4.57. The Morgan fingerprint density at radius 1 is 1.06 bits per heavy atom. The summed E-state index contributed by atoms with van der Waals surface area (Å²) in [5.74, 6) is 0.964. The number of rotatable bonds is 7. The molecule has 0 spiro atoms. The van der Waals surface area contributed by atoms with Crippen molar-refractivity contribution in [3.8, 4) is 11.5 Å². The maximum absolute atomic E-state index is 13.7. The minimum atomic E-state index is -0.394. The number of fused-ring (bicyclic) bond motifs is 2. The van der Waals surface area contributed by atoms with Crippen LogP contribution in [-0.2, 0) is 13.1 Å². The van der Waals surface area contributed by atoms with E-state index in [4.69, 9.17) is 9.47 Å². The number of hydrogen-bond acceptors (Lipinski definition) is 8. The maximum atomic E-state index is 13.7. The average molecular weight is 470 g/mol. The zero-order valence-corrected chi connectivity index (χ0v) is 18.9. The van der Waals surface area contributed by atoms with E-state index in [1.165, 1.54) is 18.3 Å². The summed E-state index contributed by atoms with van der Waals surface area (Å²) in [6.07, 6.45) is 4.47. The molecule has 1 saturated heterocycles. The van der Waals surface area contributed by atoms with Gasteiger partial charge in [-0.2, -0.15) is 0 Å². The number of benzene rings is 1. The van der Waals surface area contributed by atoms with Crippen molar-refractivity contribution in [1.82, 2.24) is 24.8 Å². The number of aromatic nitrogens is 3. The topological polar surface area (TPSA) is 102 Å². The first kappa shape index (κ1) is 22.7. The Kier molecular flexibility index (Phi) is 6.44. The number of ether oxygens (including phenoxy) is 2. The predicted octanol–water partition coefficient (Wildman–Crippen LogP) is 1.32. The van der Waals surface area contributed by atoms with Gasteiger partial charge in [0.2, 0.25) is 0 Å². The van der Waals surface area contributed by atoms with Crippen LogP contribution in [0.15, 0.2) is 41.5 Å². The first-order valence-corrected chi connectivity index (χ1v) is 11.5. The Morgan fingerprint density at radius 2 is 1.85 bits per heavy atom. The van der Waals surface area contributed by atoms with Crippen molar-refractivity contribution in [2.75, 3.05) is 39.5 Å². The second kappa shape index (κ2) is 9.65. The highest BCUT2D eigenvalue weighted by Gasteiger charge is 2.33. The molecule has 180 valence electrons. The van der Waals surface area contributed by atoms with Crippen LogP contribution in [0, 0.1) is 5.82 Å². The molecule has 0 aliphatic carbocycles. The molecule has 0 amide bonds. The molecule has 0 atom stereocenters. The second-order valence-corrected chi connectivity index (χ2v) is 8.83.